The molecular formula is C19H18BrN3O2. The van der Waals surface area contributed by atoms with Gasteiger partial charge in [-0.2, -0.15) is 5.10 Å². The zero-order valence-corrected chi connectivity index (χ0v) is 15.7. The van der Waals surface area contributed by atoms with Crippen molar-refractivity contribution in [1.29, 1.82) is 0 Å². The summed E-state index contributed by atoms with van der Waals surface area (Å²) in [5, 5.41) is 5.91. The van der Waals surface area contributed by atoms with E-state index < -0.39 is 0 Å². The Morgan fingerprint density at radius 1 is 1.20 bits per heavy atom. The fraction of sp³-hybridized carbons (Fsp3) is 0.211. The van der Waals surface area contributed by atoms with Crippen molar-refractivity contribution in [3.05, 3.63) is 65.2 Å². The van der Waals surface area contributed by atoms with Crippen molar-refractivity contribution in [2.75, 3.05) is 23.8 Å². The highest BCUT2D eigenvalue weighted by Gasteiger charge is 2.26. The Morgan fingerprint density at radius 3 is 2.60 bits per heavy atom. The van der Waals surface area contributed by atoms with E-state index >= 15 is 0 Å². The van der Waals surface area contributed by atoms with Crippen LogP contribution in [0.3, 0.4) is 0 Å². The van der Waals surface area contributed by atoms with Gasteiger partial charge in [0, 0.05) is 18.2 Å². The lowest BCUT2D eigenvalue weighted by molar-refractivity contribution is -0.133. The van der Waals surface area contributed by atoms with Crippen LogP contribution in [0.15, 0.2) is 53.6 Å². The number of hydrogen-bond donors (Lipinski definition) is 0. The maximum absolute atomic E-state index is 12.5. The second-order valence-corrected chi connectivity index (χ2v) is 6.43. The van der Waals surface area contributed by atoms with Crippen LogP contribution >= 0.6 is 15.9 Å². The highest BCUT2D eigenvalue weighted by atomic mass is 79.9. The van der Waals surface area contributed by atoms with Gasteiger partial charge in [0.15, 0.2) is 0 Å². The van der Waals surface area contributed by atoms with E-state index in [1.54, 1.807) is 11.9 Å². The first-order valence-corrected chi connectivity index (χ1v) is 9.01. The molecule has 2 aromatic carbocycles. The van der Waals surface area contributed by atoms with Crippen molar-refractivity contribution in [3.8, 4) is 0 Å². The van der Waals surface area contributed by atoms with Gasteiger partial charge in [0.05, 0.1) is 11.0 Å². The minimum Gasteiger partial charge on any atom is -0.313 e. The smallest absolute Gasteiger partial charge is 0.253 e. The maximum Gasteiger partial charge on any atom is 0.253 e. The molecule has 0 saturated carbocycles. The van der Waals surface area contributed by atoms with E-state index in [9.17, 15) is 9.59 Å². The molecule has 0 saturated heterocycles. The average molecular weight is 400 g/mol. The normalized spacial score (nSPS) is 14.5. The Bertz CT molecular complexity index is 849. The Balaban J connectivity index is 2.27. The molecule has 3 rings (SSSR count). The Morgan fingerprint density at radius 2 is 1.92 bits per heavy atom. The van der Waals surface area contributed by atoms with Crippen LogP contribution in [0.4, 0.5) is 5.69 Å². The first kappa shape index (κ1) is 17.4. The third-order valence-corrected chi connectivity index (χ3v) is 4.58. The van der Waals surface area contributed by atoms with Crippen LogP contribution in [-0.4, -0.2) is 41.5 Å². The highest BCUT2D eigenvalue weighted by Crippen LogP contribution is 2.27. The number of hydrogen-bond acceptors (Lipinski definition) is 3. The van der Waals surface area contributed by atoms with Crippen molar-refractivity contribution in [2.45, 2.75) is 6.92 Å². The molecule has 0 fully saturated rings. The monoisotopic (exact) mass is 399 g/mol. The number of carbonyl (C=O) groups excluding carboxylic acids is 2. The topological polar surface area (TPSA) is 53.0 Å². The van der Waals surface area contributed by atoms with E-state index in [0.717, 1.165) is 22.4 Å². The van der Waals surface area contributed by atoms with Crippen molar-refractivity contribution < 1.29 is 9.59 Å². The van der Waals surface area contributed by atoms with Gasteiger partial charge in [-0.05, 0) is 19.1 Å². The number of likely N-dealkylation sites (N-methyl/N-ethyl adjacent to an activating group) is 1. The second kappa shape index (κ2) is 7.19. The minimum absolute atomic E-state index is 0.0927. The lowest BCUT2D eigenvalue weighted by atomic mass is 9.98. The summed E-state index contributed by atoms with van der Waals surface area (Å²) in [4.78, 5) is 26.4. The lowest BCUT2D eigenvalue weighted by Gasteiger charge is -2.28. The van der Waals surface area contributed by atoms with Crippen molar-refractivity contribution in [3.63, 3.8) is 0 Å². The quantitative estimate of drug-likeness (QED) is 0.728. The van der Waals surface area contributed by atoms with Crippen LogP contribution in [0.25, 0.3) is 0 Å². The molecule has 0 radical (unpaired) electrons. The highest BCUT2D eigenvalue weighted by molar-refractivity contribution is 9.09. The minimum atomic E-state index is -0.258. The number of fused-ring (bicyclic) bond motifs is 1. The summed E-state index contributed by atoms with van der Waals surface area (Å²) < 4.78 is 0. The third-order valence-electron chi connectivity index (χ3n) is 4.10. The number of nitrogens with zero attached hydrogens (tertiary/aromatic N) is 3. The van der Waals surface area contributed by atoms with Crippen LogP contribution in [0.5, 0.6) is 0 Å². The van der Waals surface area contributed by atoms with Crippen LogP contribution in [0, 0.1) is 6.92 Å². The van der Waals surface area contributed by atoms with E-state index in [1.165, 1.54) is 5.01 Å². The number of alkyl halides is 1. The second-order valence-electron chi connectivity index (χ2n) is 5.87. The molecule has 0 aromatic heterocycles. The van der Waals surface area contributed by atoms with E-state index in [4.69, 9.17) is 0 Å². The number of carbonyl (C=O) groups is 2. The number of rotatable bonds is 2. The molecule has 5 nitrogen and oxygen atoms in total. The van der Waals surface area contributed by atoms with Gasteiger partial charge in [0.2, 0.25) is 5.91 Å². The van der Waals surface area contributed by atoms with E-state index in [-0.39, 0.29) is 23.7 Å². The summed E-state index contributed by atoms with van der Waals surface area (Å²) in [6.07, 6.45) is 0. The summed E-state index contributed by atoms with van der Waals surface area (Å²) >= 11 is 3.16. The molecule has 6 heteroatoms. The molecule has 2 amide bonds. The molecule has 1 aliphatic heterocycles. The van der Waals surface area contributed by atoms with Crippen LogP contribution in [-0.2, 0) is 9.59 Å². The Hall–Kier alpha value is -2.47. The van der Waals surface area contributed by atoms with Gasteiger partial charge in [-0.15, -0.1) is 0 Å². The summed E-state index contributed by atoms with van der Waals surface area (Å²) in [5.74, 6) is -0.443. The van der Waals surface area contributed by atoms with Gasteiger partial charge in [-0.3, -0.25) is 9.59 Å². The molecule has 25 heavy (non-hydrogen) atoms. The van der Waals surface area contributed by atoms with Gasteiger partial charge in [-0.25, -0.2) is 5.01 Å². The standard InChI is InChI=1S/C19H18BrN3O2/c1-13-8-9-16-15(10-13)19(14-6-4-3-5-7-14)21-23(17(24)11-20)12-18(25)22(16)2/h3-10H,11-12H2,1-2H3. The summed E-state index contributed by atoms with van der Waals surface area (Å²) in [6.45, 7) is 1.90. The Labute approximate surface area is 155 Å². The number of halogens is 1. The van der Waals surface area contributed by atoms with Crippen molar-refractivity contribution in [2.24, 2.45) is 5.10 Å². The zero-order valence-electron chi connectivity index (χ0n) is 14.1. The van der Waals surface area contributed by atoms with E-state index in [2.05, 4.69) is 21.0 Å². The summed E-state index contributed by atoms with van der Waals surface area (Å²) in [6, 6.07) is 15.6. The summed E-state index contributed by atoms with van der Waals surface area (Å²) in [5.41, 5.74) is 4.23. The largest absolute Gasteiger partial charge is 0.313 e. The van der Waals surface area contributed by atoms with Crippen LogP contribution in [0.2, 0.25) is 0 Å². The van der Waals surface area contributed by atoms with Crippen molar-refractivity contribution >= 4 is 39.1 Å². The van der Waals surface area contributed by atoms with E-state index in [0.29, 0.717) is 5.71 Å². The SMILES string of the molecule is Cc1ccc2c(c1)C(c1ccccc1)=NN(C(=O)CBr)CC(=O)N2C. The summed E-state index contributed by atoms with van der Waals surface area (Å²) in [7, 11) is 1.72. The van der Waals surface area contributed by atoms with Gasteiger partial charge < -0.3 is 4.90 Å². The number of aryl methyl sites for hydroxylation is 1. The predicted molar refractivity (Wildman–Crippen MR) is 102 cm³/mol. The molecular weight excluding hydrogens is 382 g/mol. The zero-order chi connectivity index (χ0) is 18.0. The Kier molecular flexibility index (Phi) is 4.99. The molecule has 0 bridgehead atoms. The molecule has 0 N–H and O–H groups in total. The molecule has 128 valence electrons. The molecule has 0 aliphatic carbocycles. The first-order valence-electron chi connectivity index (χ1n) is 7.89. The van der Waals surface area contributed by atoms with Gasteiger partial charge in [-0.1, -0.05) is 57.9 Å². The molecule has 0 atom stereocenters. The van der Waals surface area contributed by atoms with Gasteiger partial charge in [0.25, 0.3) is 5.91 Å². The maximum atomic E-state index is 12.5. The van der Waals surface area contributed by atoms with Crippen LogP contribution in [0.1, 0.15) is 16.7 Å². The van der Waals surface area contributed by atoms with Gasteiger partial charge >= 0.3 is 0 Å². The van der Waals surface area contributed by atoms with Gasteiger partial charge in [0.1, 0.15) is 12.3 Å². The van der Waals surface area contributed by atoms with Crippen molar-refractivity contribution in [1.82, 2.24) is 5.01 Å². The lowest BCUT2D eigenvalue weighted by Crippen LogP contribution is -2.42. The molecule has 0 unspecified atom stereocenters. The first-order chi connectivity index (χ1) is 12.0. The number of amides is 2. The fourth-order valence-electron chi connectivity index (χ4n) is 2.73. The molecule has 2 aromatic rings. The third kappa shape index (κ3) is 3.49. The number of benzene rings is 2. The van der Waals surface area contributed by atoms with E-state index in [1.807, 2.05) is 55.5 Å². The molecule has 1 aliphatic rings. The number of hydrazone groups is 1. The molecule has 0 spiro atoms. The fourth-order valence-corrected chi connectivity index (χ4v) is 3.02. The van der Waals surface area contributed by atoms with Crippen LogP contribution < -0.4 is 4.90 Å². The predicted octanol–water partition coefficient (Wildman–Crippen LogP) is 2.95. The average Bonchev–Trinajstić information content (AvgIpc) is 2.63. The molecule has 1 heterocycles. The number of anilines is 1.